The molecule has 39 heavy (non-hydrogen) atoms. The number of nitrogens with one attached hydrogen (secondary N) is 1. The molecule has 11 heteroatoms. The second-order valence-corrected chi connectivity index (χ2v) is 8.42. The normalized spacial score (nSPS) is 12.4. The van der Waals surface area contributed by atoms with Crippen LogP contribution in [0.2, 0.25) is 0 Å². The summed E-state index contributed by atoms with van der Waals surface area (Å²) in [6, 6.07) is 12.1. The number of carbonyl (C=O) groups excluding carboxylic acids is 3. The van der Waals surface area contributed by atoms with Crippen molar-refractivity contribution in [3.05, 3.63) is 89.2 Å². The van der Waals surface area contributed by atoms with Gasteiger partial charge in [-0.15, -0.1) is 0 Å². The third-order valence-electron chi connectivity index (χ3n) is 5.72. The molecule has 1 amide bonds. The van der Waals surface area contributed by atoms with Crippen molar-refractivity contribution in [2.24, 2.45) is 0 Å². The molecule has 0 radical (unpaired) electrons. The average Bonchev–Trinajstić information content (AvgIpc) is 2.93. The van der Waals surface area contributed by atoms with Gasteiger partial charge in [-0.2, -0.15) is 0 Å². The maximum atomic E-state index is 13.5. The van der Waals surface area contributed by atoms with Crippen LogP contribution in [0.1, 0.15) is 41.4 Å². The van der Waals surface area contributed by atoms with E-state index in [-0.39, 0.29) is 23.8 Å². The molecule has 0 aliphatic rings. The maximum absolute atomic E-state index is 13.5. The Balaban J connectivity index is 1.74. The van der Waals surface area contributed by atoms with E-state index in [1.54, 1.807) is 31.2 Å². The molecule has 3 rings (SSSR count). The van der Waals surface area contributed by atoms with E-state index in [9.17, 15) is 23.2 Å². The van der Waals surface area contributed by atoms with Gasteiger partial charge in [0.2, 0.25) is 6.79 Å². The molecule has 0 bridgehead atoms. The summed E-state index contributed by atoms with van der Waals surface area (Å²) in [6.07, 6.45) is 1.27. The maximum Gasteiger partial charge on any atom is 0.305 e. The SMILES string of the molecule is COc1ccnc(C(=O)NC(C=O)CO[C@@H](C)C(c2ccc(F)cc2)c2ccc(F)cc2)c1OCOC(C)=O. The topological polar surface area (TPSA) is 113 Å². The minimum absolute atomic E-state index is 0.0784. The molecular weight excluding hydrogens is 514 g/mol. The summed E-state index contributed by atoms with van der Waals surface area (Å²) in [5, 5.41) is 2.53. The number of hydrogen-bond donors (Lipinski definition) is 1. The first-order valence-electron chi connectivity index (χ1n) is 11.9. The zero-order valence-electron chi connectivity index (χ0n) is 21.6. The number of carbonyl (C=O) groups is 3. The van der Waals surface area contributed by atoms with Crippen molar-refractivity contribution in [2.45, 2.75) is 31.9 Å². The van der Waals surface area contributed by atoms with Crippen LogP contribution in [-0.2, 0) is 19.1 Å². The van der Waals surface area contributed by atoms with E-state index >= 15 is 0 Å². The quantitative estimate of drug-likeness (QED) is 0.197. The number of ether oxygens (including phenoxy) is 4. The molecule has 2 aromatic carbocycles. The number of rotatable bonds is 13. The fourth-order valence-corrected chi connectivity index (χ4v) is 3.84. The fraction of sp³-hybridized carbons (Fsp3) is 0.286. The molecule has 0 aliphatic heterocycles. The van der Waals surface area contributed by atoms with Gasteiger partial charge in [0.05, 0.1) is 19.8 Å². The van der Waals surface area contributed by atoms with Crippen molar-refractivity contribution in [3.63, 3.8) is 0 Å². The Hall–Kier alpha value is -4.38. The number of halogens is 2. The van der Waals surface area contributed by atoms with Gasteiger partial charge in [-0.05, 0) is 42.3 Å². The molecule has 206 valence electrons. The van der Waals surface area contributed by atoms with Gasteiger partial charge < -0.3 is 29.1 Å². The zero-order valence-corrected chi connectivity index (χ0v) is 21.6. The summed E-state index contributed by atoms with van der Waals surface area (Å²) in [6.45, 7) is 2.27. The summed E-state index contributed by atoms with van der Waals surface area (Å²) in [4.78, 5) is 39.9. The molecule has 3 aromatic rings. The zero-order chi connectivity index (χ0) is 28.4. The van der Waals surface area contributed by atoms with E-state index in [2.05, 4.69) is 10.3 Å². The Labute approximate surface area is 224 Å². The largest absolute Gasteiger partial charge is 0.493 e. The average molecular weight is 543 g/mol. The van der Waals surface area contributed by atoms with Crippen LogP contribution in [0.5, 0.6) is 11.5 Å². The highest BCUT2D eigenvalue weighted by Gasteiger charge is 2.26. The van der Waals surface area contributed by atoms with Crippen molar-refractivity contribution in [3.8, 4) is 11.5 Å². The van der Waals surface area contributed by atoms with E-state index in [4.69, 9.17) is 18.9 Å². The van der Waals surface area contributed by atoms with Gasteiger partial charge in [-0.25, -0.2) is 13.8 Å². The summed E-state index contributed by atoms with van der Waals surface area (Å²) < 4.78 is 48.4. The first-order chi connectivity index (χ1) is 18.7. The number of pyridine rings is 1. The van der Waals surface area contributed by atoms with Crippen molar-refractivity contribution in [1.82, 2.24) is 10.3 Å². The summed E-state index contributed by atoms with van der Waals surface area (Å²) in [5.74, 6) is -2.49. The number of benzene rings is 2. The molecule has 2 atom stereocenters. The first-order valence-corrected chi connectivity index (χ1v) is 11.9. The Morgan fingerprint density at radius 3 is 2.10 bits per heavy atom. The van der Waals surface area contributed by atoms with E-state index in [0.717, 1.165) is 11.1 Å². The Morgan fingerprint density at radius 2 is 1.59 bits per heavy atom. The van der Waals surface area contributed by atoms with Crippen LogP contribution < -0.4 is 14.8 Å². The van der Waals surface area contributed by atoms with Gasteiger partial charge in [-0.3, -0.25) is 9.59 Å². The van der Waals surface area contributed by atoms with Crippen molar-refractivity contribution in [1.29, 1.82) is 0 Å². The molecule has 9 nitrogen and oxygen atoms in total. The number of amides is 1. The number of aldehydes is 1. The predicted molar refractivity (Wildman–Crippen MR) is 135 cm³/mol. The molecule has 1 N–H and O–H groups in total. The van der Waals surface area contributed by atoms with Crippen molar-refractivity contribution < 1.29 is 42.1 Å². The number of methoxy groups -OCH3 is 1. The van der Waals surface area contributed by atoms with Gasteiger partial charge in [0, 0.05) is 25.1 Å². The summed E-state index contributed by atoms with van der Waals surface area (Å²) in [7, 11) is 1.36. The van der Waals surface area contributed by atoms with Crippen LogP contribution >= 0.6 is 0 Å². The number of hydrogen-bond acceptors (Lipinski definition) is 8. The van der Waals surface area contributed by atoms with E-state index in [1.807, 2.05) is 0 Å². The highest BCUT2D eigenvalue weighted by atomic mass is 19.1. The Bertz CT molecular complexity index is 1220. The predicted octanol–water partition coefficient (Wildman–Crippen LogP) is 3.80. The van der Waals surface area contributed by atoms with Crippen LogP contribution in [0.25, 0.3) is 0 Å². The molecule has 0 saturated heterocycles. The van der Waals surface area contributed by atoms with Crippen LogP contribution in [0.4, 0.5) is 8.78 Å². The van der Waals surface area contributed by atoms with Crippen molar-refractivity contribution in [2.75, 3.05) is 20.5 Å². The standard InChI is InChI=1S/C28H28F2N2O7/c1-17(25(19-4-8-21(29)9-5-19)20-6-10-22(30)11-7-20)37-15-23(14-33)32-28(35)26-27(39-16-38-18(2)34)24(36-3)12-13-31-26/h4-14,17,23,25H,15-16H2,1-3H3,(H,32,35)/t17-,23?/m0/s1. The molecular formula is C28H28F2N2O7. The molecule has 1 heterocycles. The lowest BCUT2D eigenvalue weighted by Crippen LogP contribution is -2.41. The smallest absolute Gasteiger partial charge is 0.305 e. The second kappa shape index (κ2) is 14.0. The first kappa shape index (κ1) is 29.2. The molecule has 1 unspecified atom stereocenters. The lowest BCUT2D eigenvalue weighted by Gasteiger charge is -2.26. The van der Waals surface area contributed by atoms with Crippen LogP contribution in [0.3, 0.4) is 0 Å². The van der Waals surface area contributed by atoms with Crippen LogP contribution in [0.15, 0.2) is 60.8 Å². The Morgan fingerprint density at radius 1 is 1.00 bits per heavy atom. The van der Waals surface area contributed by atoms with Gasteiger partial charge in [0.15, 0.2) is 17.2 Å². The van der Waals surface area contributed by atoms with Gasteiger partial charge in [0.25, 0.3) is 5.91 Å². The van der Waals surface area contributed by atoms with Gasteiger partial charge in [-0.1, -0.05) is 24.3 Å². The van der Waals surface area contributed by atoms with E-state index in [0.29, 0.717) is 6.29 Å². The number of esters is 1. The third kappa shape index (κ3) is 8.05. The fourth-order valence-electron chi connectivity index (χ4n) is 3.84. The minimum Gasteiger partial charge on any atom is -0.493 e. The lowest BCUT2D eigenvalue weighted by molar-refractivity contribution is -0.147. The summed E-state index contributed by atoms with van der Waals surface area (Å²) in [5.41, 5.74) is 1.24. The Kier molecular flexibility index (Phi) is 10.4. The highest BCUT2D eigenvalue weighted by Crippen LogP contribution is 2.31. The molecule has 0 spiro atoms. The van der Waals surface area contributed by atoms with E-state index in [1.165, 1.54) is 50.6 Å². The van der Waals surface area contributed by atoms with E-state index < -0.39 is 48.4 Å². The molecule has 0 aliphatic carbocycles. The lowest BCUT2D eigenvalue weighted by atomic mass is 9.87. The second-order valence-electron chi connectivity index (χ2n) is 8.42. The molecule has 1 aromatic heterocycles. The minimum atomic E-state index is -1.07. The summed E-state index contributed by atoms with van der Waals surface area (Å²) >= 11 is 0. The molecule has 0 saturated carbocycles. The van der Waals surface area contributed by atoms with Gasteiger partial charge in [0.1, 0.15) is 24.0 Å². The highest BCUT2D eigenvalue weighted by molar-refractivity contribution is 5.97. The van der Waals surface area contributed by atoms with Crippen molar-refractivity contribution >= 4 is 18.2 Å². The third-order valence-corrected chi connectivity index (χ3v) is 5.72. The van der Waals surface area contributed by atoms with Crippen LogP contribution in [-0.4, -0.2) is 55.8 Å². The molecule has 0 fully saturated rings. The van der Waals surface area contributed by atoms with Crippen LogP contribution in [0, 0.1) is 11.6 Å². The number of aromatic nitrogens is 1. The number of nitrogens with zero attached hydrogens (tertiary/aromatic N) is 1. The monoisotopic (exact) mass is 542 g/mol. The van der Waals surface area contributed by atoms with Gasteiger partial charge >= 0.3 is 5.97 Å².